The molecule has 0 bridgehead atoms. The van der Waals surface area contributed by atoms with Crippen LogP contribution in [0.2, 0.25) is 0 Å². The maximum absolute atomic E-state index is 5.52. The van der Waals surface area contributed by atoms with Gasteiger partial charge in [0.05, 0.1) is 5.60 Å². The highest BCUT2D eigenvalue weighted by molar-refractivity contribution is 5.47. The molecule has 0 atom stereocenters. The van der Waals surface area contributed by atoms with E-state index in [1.807, 2.05) is 20.8 Å². The summed E-state index contributed by atoms with van der Waals surface area (Å²) in [5, 5.41) is 0. The van der Waals surface area contributed by atoms with Gasteiger partial charge in [-0.2, -0.15) is 5.48 Å². The molecule has 0 spiro atoms. The Hall–Kier alpha value is -1.06. The topological polar surface area (TPSA) is 24.5 Å². The van der Waals surface area contributed by atoms with Crippen molar-refractivity contribution in [2.75, 3.05) is 18.0 Å². The maximum Gasteiger partial charge on any atom is 0.0813 e. The van der Waals surface area contributed by atoms with Crippen LogP contribution in [0.25, 0.3) is 0 Å². The second-order valence-corrected chi connectivity index (χ2v) is 6.25. The average molecular weight is 262 g/mol. The van der Waals surface area contributed by atoms with Gasteiger partial charge in [-0.1, -0.05) is 12.1 Å². The molecule has 1 aromatic rings. The first-order valence-electron chi connectivity index (χ1n) is 7.29. The fourth-order valence-electron chi connectivity index (χ4n) is 2.31. The minimum absolute atomic E-state index is 0.145. The number of nitrogens with one attached hydrogen (secondary N) is 1. The lowest BCUT2D eigenvalue weighted by molar-refractivity contribution is -0.0757. The average Bonchev–Trinajstić information content (AvgIpc) is 2.39. The molecule has 0 saturated carbocycles. The molecule has 0 aromatic heterocycles. The molecule has 3 nitrogen and oxygen atoms in total. The summed E-state index contributed by atoms with van der Waals surface area (Å²) < 4.78 is 0. The quantitative estimate of drug-likeness (QED) is 0.841. The fourth-order valence-corrected chi connectivity index (χ4v) is 2.31. The lowest BCUT2D eigenvalue weighted by atomic mass is 10.1. The number of benzene rings is 1. The van der Waals surface area contributed by atoms with Crippen LogP contribution in [0.5, 0.6) is 0 Å². The highest BCUT2D eigenvalue weighted by Crippen LogP contribution is 2.20. The number of hydroxylamine groups is 1. The van der Waals surface area contributed by atoms with Gasteiger partial charge in [0.2, 0.25) is 0 Å². The first-order valence-corrected chi connectivity index (χ1v) is 7.29. The van der Waals surface area contributed by atoms with Gasteiger partial charge in [-0.3, -0.25) is 4.84 Å². The first kappa shape index (κ1) is 14.4. The molecule has 0 aliphatic carbocycles. The Morgan fingerprint density at radius 2 is 1.68 bits per heavy atom. The largest absolute Gasteiger partial charge is 0.372 e. The van der Waals surface area contributed by atoms with Gasteiger partial charge in [0.25, 0.3) is 0 Å². The third kappa shape index (κ3) is 4.84. The summed E-state index contributed by atoms with van der Waals surface area (Å²) in [6, 6.07) is 8.81. The van der Waals surface area contributed by atoms with Crippen molar-refractivity contribution >= 4 is 5.69 Å². The van der Waals surface area contributed by atoms with Crippen LogP contribution in [0.15, 0.2) is 24.3 Å². The smallest absolute Gasteiger partial charge is 0.0813 e. The lowest BCUT2D eigenvalue weighted by Crippen LogP contribution is -2.29. The number of rotatable bonds is 4. The van der Waals surface area contributed by atoms with Crippen molar-refractivity contribution in [3.63, 3.8) is 0 Å². The number of piperidine rings is 1. The summed E-state index contributed by atoms with van der Waals surface area (Å²) >= 11 is 0. The van der Waals surface area contributed by atoms with Crippen molar-refractivity contribution < 1.29 is 4.84 Å². The Balaban J connectivity index is 1.84. The van der Waals surface area contributed by atoms with E-state index in [1.54, 1.807) is 0 Å². The highest BCUT2D eigenvalue weighted by atomic mass is 16.7. The number of nitrogens with zero attached hydrogens (tertiary/aromatic N) is 1. The fraction of sp³-hybridized carbons (Fsp3) is 0.625. The number of hydrogen-bond donors (Lipinski definition) is 1. The van der Waals surface area contributed by atoms with Crippen LogP contribution in [-0.4, -0.2) is 18.7 Å². The molecule has 1 aliphatic rings. The zero-order valence-electron chi connectivity index (χ0n) is 12.4. The molecular weight excluding hydrogens is 236 g/mol. The van der Waals surface area contributed by atoms with E-state index >= 15 is 0 Å². The van der Waals surface area contributed by atoms with Gasteiger partial charge in [0.15, 0.2) is 0 Å². The van der Waals surface area contributed by atoms with E-state index in [4.69, 9.17) is 4.84 Å². The van der Waals surface area contributed by atoms with E-state index < -0.39 is 0 Å². The van der Waals surface area contributed by atoms with Gasteiger partial charge in [-0.05, 0) is 57.7 Å². The van der Waals surface area contributed by atoms with E-state index in [0.29, 0.717) is 0 Å². The van der Waals surface area contributed by atoms with E-state index in [9.17, 15) is 0 Å². The molecule has 0 radical (unpaired) electrons. The van der Waals surface area contributed by atoms with Crippen LogP contribution in [0.1, 0.15) is 45.6 Å². The second kappa shape index (κ2) is 6.40. The molecule has 0 amide bonds. The molecule has 3 heteroatoms. The standard InChI is InChI=1S/C16H26N2O/c1-16(2,3)19-17-13-14-7-9-15(10-8-14)18-11-5-4-6-12-18/h7-10,17H,4-6,11-13H2,1-3H3. The minimum Gasteiger partial charge on any atom is -0.372 e. The number of hydrogen-bond acceptors (Lipinski definition) is 3. The maximum atomic E-state index is 5.52. The molecule has 1 aliphatic heterocycles. The minimum atomic E-state index is -0.145. The molecular formula is C16H26N2O. The highest BCUT2D eigenvalue weighted by Gasteiger charge is 2.11. The van der Waals surface area contributed by atoms with E-state index in [1.165, 1.54) is 43.6 Å². The van der Waals surface area contributed by atoms with Gasteiger partial charge < -0.3 is 4.90 Å². The third-order valence-corrected chi connectivity index (χ3v) is 3.31. The predicted molar refractivity (Wildman–Crippen MR) is 80.2 cm³/mol. The Labute approximate surface area is 116 Å². The second-order valence-electron chi connectivity index (χ2n) is 6.25. The number of anilines is 1. The Morgan fingerprint density at radius 1 is 1.05 bits per heavy atom. The van der Waals surface area contributed by atoms with Gasteiger partial charge in [0, 0.05) is 25.3 Å². The molecule has 1 fully saturated rings. The van der Waals surface area contributed by atoms with Crippen molar-refractivity contribution in [2.24, 2.45) is 0 Å². The van der Waals surface area contributed by atoms with Gasteiger partial charge >= 0.3 is 0 Å². The third-order valence-electron chi connectivity index (χ3n) is 3.31. The molecule has 1 N–H and O–H groups in total. The predicted octanol–water partition coefficient (Wildman–Crippen LogP) is 3.50. The Bertz CT molecular complexity index is 375. The summed E-state index contributed by atoms with van der Waals surface area (Å²) in [7, 11) is 0. The zero-order chi connectivity index (χ0) is 13.7. The molecule has 19 heavy (non-hydrogen) atoms. The normalized spacial score (nSPS) is 16.7. The summed E-state index contributed by atoms with van der Waals surface area (Å²) in [6.07, 6.45) is 4.02. The molecule has 0 unspecified atom stereocenters. The molecule has 1 aromatic carbocycles. The molecule has 1 heterocycles. The molecule has 1 saturated heterocycles. The zero-order valence-corrected chi connectivity index (χ0v) is 12.4. The van der Waals surface area contributed by atoms with Crippen molar-refractivity contribution in [2.45, 2.75) is 52.2 Å². The first-order chi connectivity index (χ1) is 9.04. The Morgan fingerprint density at radius 3 is 2.26 bits per heavy atom. The van der Waals surface area contributed by atoms with Crippen LogP contribution < -0.4 is 10.4 Å². The van der Waals surface area contributed by atoms with Crippen molar-refractivity contribution in [3.05, 3.63) is 29.8 Å². The monoisotopic (exact) mass is 262 g/mol. The van der Waals surface area contributed by atoms with Crippen LogP contribution in [-0.2, 0) is 11.4 Å². The summed E-state index contributed by atoms with van der Waals surface area (Å²) in [4.78, 5) is 8.00. The van der Waals surface area contributed by atoms with Crippen LogP contribution >= 0.6 is 0 Å². The van der Waals surface area contributed by atoms with Crippen molar-refractivity contribution in [3.8, 4) is 0 Å². The summed E-state index contributed by atoms with van der Waals surface area (Å²) in [5.41, 5.74) is 5.48. The van der Waals surface area contributed by atoms with Crippen molar-refractivity contribution in [1.82, 2.24) is 5.48 Å². The SMILES string of the molecule is CC(C)(C)ONCc1ccc(N2CCCCC2)cc1. The Kier molecular flexibility index (Phi) is 4.83. The lowest BCUT2D eigenvalue weighted by Gasteiger charge is -2.29. The molecule has 2 rings (SSSR count). The van der Waals surface area contributed by atoms with Gasteiger partial charge in [0.1, 0.15) is 0 Å². The summed E-state index contributed by atoms with van der Waals surface area (Å²) in [5.74, 6) is 0. The van der Waals surface area contributed by atoms with Crippen molar-refractivity contribution in [1.29, 1.82) is 0 Å². The van der Waals surface area contributed by atoms with Crippen LogP contribution in [0.4, 0.5) is 5.69 Å². The van der Waals surface area contributed by atoms with E-state index in [-0.39, 0.29) is 5.60 Å². The molecule has 106 valence electrons. The van der Waals surface area contributed by atoms with E-state index in [2.05, 4.69) is 34.6 Å². The van der Waals surface area contributed by atoms with Crippen LogP contribution in [0, 0.1) is 0 Å². The van der Waals surface area contributed by atoms with Gasteiger partial charge in [-0.15, -0.1) is 0 Å². The summed E-state index contributed by atoms with van der Waals surface area (Å²) in [6.45, 7) is 9.27. The van der Waals surface area contributed by atoms with E-state index in [0.717, 1.165) is 6.54 Å². The van der Waals surface area contributed by atoms with Crippen LogP contribution in [0.3, 0.4) is 0 Å². The van der Waals surface area contributed by atoms with Gasteiger partial charge in [-0.25, -0.2) is 0 Å².